The number of amides is 1. The summed E-state index contributed by atoms with van der Waals surface area (Å²) in [5, 5.41) is 2.67. The van der Waals surface area contributed by atoms with Crippen LogP contribution in [0.25, 0.3) is 0 Å². The van der Waals surface area contributed by atoms with Crippen LogP contribution in [0.1, 0.15) is 17.5 Å². The molecular formula is C15H18F2N2O2. The number of anilines is 1. The minimum absolute atomic E-state index is 0.0183. The summed E-state index contributed by atoms with van der Waals surface area (Å²) in [5.41, 5.74) is 7.69. The molecule has 3 N–H and O–H groups in total. The SMILES string of the molecule is Cc1ccc(NC(=O)CCOCC(F)F)cc1C#CCN. The molecule has 0 radical (unpaired) electrons. The molecular weight excluding hydrogens is 278 g/mol. The van der Waals surface area contributed by atoms with Crippen molar-refractivity contribution in [3.05, 3.63) is 29.3 Å². The zero-order valence-corrected chi connectivity index (χ0v) is 11.8. The Balaban J connectivity index is 2.52. The van der Waals surface area contributed by atoms with Gasteiger partial charge in [-0.25, -0.2) is 8.78 Å². The van der Waals surface area contributed by atoms with Crippen LogP contribution < -0.4 is 11.1 Å². The lowest BCUT2D eigenvalue weighted by atomic mass is 10.1. The van der Waals surface area contributed by atoms with Crippen LogP contribution in [-0.4, -0.2) is 32.1 Å². The molecule has 0 aliphatic heterocycles. The van der Waals surface area contributed by atoms with Crippen molar-refractivity contribution in [2.75, 3.05) is 25.1 Å². The minimum Gasteiger partial charge on any atom is -0.375 e. The molecule has 0 aliphatic carbocycles. The highest BCUT2D eigenvalue weighted by molar-refractivity contribution is 5.91. The Labute approximate surface area is 122 Å². The third kappa shape index (κ3) is 6.84. The van der Waals surface area contributed by atoms with Gasteiger partial charge in [0, 0.05) is 11.3 Å². The van der Waals surface area contributed by atoms with Gasteiger partial charge in [-0.15, -0.1) is 0 Å². The number of halogens is 2. The molecule has 114 valence electrons. The molecule has 0 unspecified atom stereocenters. The molecule has 1 aromatic rings. The number of carbonyl (C=O) groups is 1. The maximum Gasteiger partial charge on any atom is 0.261 e. The van der Waals surface area contributed by atoms with Crippen molar-refractivity contribution in [2.24, 2.45) is 5.73 Å². The second-order valence-corrected chi connectivity index (χ2v) is 4.30. The van der Waals surface area contributed by atoms with Crippen molar-refractivity contribution in [2.45, 2.75) is 19.8 Å². The zero-order valence-electron chi connectivity index (χ0n) is 11.8. The molecule has 0 heterocycles. The van der Waals surface area contributed by atoms with Gasteiger partial charge in [-0.3, -0.25) is 4.79 Å². The Hall–Kier alpha value is -1.97. The van der Waals surface area contributed by atoms with Crippen LogP contribution in [0.5, 0.6) is 0 Å². The first-order valence-corrected chi connectivity index (χ1v) is 6.48. The van der Waals surface area contributed by atoms with Crippen molar-refractivity contribution >= 4 is 11.6 Å². The molecule has 4 nitrogen and oxygen atoms in total. The summed E-state index contributed by atoms with van der Waals surface area (Å²) in [6, 6.07) is 5.33. The highest BCUT2D eigenvalue weighted by Crippen LogP contribution is 2.14. The lowest BCUT2D eigenvalue weighted by Gasteiger charge is -2.07. The van der Waals surface area contributed by atoms with E-state index in [-0.39, 0.29) is 25.5 Å². The molecule has 0 saturated carbocycles. The highest BCUT2D eigenvalue weighted by Gasteiger charge is 2.06. The second-order valence-electron chi connectivity index (χ2n) is 4.30. The number of alkyl halides is 2. The Morgan fingerprint density at radius 2 is 2.24 bits per heavy atom. The van der Waals surface area contributed by atoms with Gasteiger partial charge in [0.25, 0.3) is 6.43 Å². The van der Waals surface area contributed by atoms with Crippen LogP contribution in [0.4, 0.5) is 14.5 Å². The molecule has 0 spiro atoms. The predicted molar refractivity (Wildman–Crippen MR) is 77.2 cm³/mol. The summed E-state index contributed by atoms with van der Waals surface area (Å²) < 4.78 is 28.3. The number of aryl methyl sites for hydroxylation is 1. The molecule has 0 aliphatic rings. The van der Waals surface area contributed by atoms with E-state index in [1.54, 1.807) is 12.1 Å². The molecule has 0 fully saturated rings. The minimum atomic E-state index is -2.52. The number of ether oxygens (including phenoxy) is 1. The molecule has 21 heavy (non-hydrogen) atoms. The lowest BCUT2D eigenvalue weighted by molar-refractivity contribution is -0.117. The standard InChI is InChI=1S/C15H18F2N2O2/c1-11-4-5-13(9-12(11)3-2-7-18)19-15(20)6-8-21-10-14(16)17/h4-5,9,14H,6-8,10,18H2,1H3,(H,19,20). The normalized spacial score (nSPS) is 10.1. The van der Waals surface area contributed by atoms with Crippen molar-refractivity contribution in [1.82, 2.24) is 0 Å². The first-order chi connectivity index (χ1) is 10.0. The maximum atomic E-state index is 11.8. The van der Waals surface area contributed by atoms with Crippen LogP contribution >= 0.6 is 0 Å². The Morgan fingerprint density at radius 1 is 1.48 bits per heavy atom. The average molecular weight is 296 g/mol. The molecule has 0 aromatic heterocycles. The summed E-state index contributed by atoms with van der Waals surface area (Å²) in [7, 11) is 0. The van der Waals surface area contributed by atoms with Crippen LogP contribution in [0.2, 0.25) is 0 Å². The summed E-state index contributed by atoms with van der Waals surface area (Å²) >= 11 is 0. The Bertz CT molecular complexity index is 536. The largest absolute Gasteiger partial charge is 0.375 e. The van der Waals surface area contributed by atoms with E-state index in [2.05, 4.69) is 21.9 Å². The van der Waals surface area contributed by atoms with E-state index >= 15 is 0 Å². The van der Waals surface area contributed by atoms with Crippen molar-refractivity contribution in [3.8, 4) is 11.8 Å². The van der Waals surface area contributed by atoms with Gasteiger partial charge in [0.05, 0.1) is 19.6 Å². The topological polar surface area (TPSA) is 64.3 Å². The summed E-state index contributed by atoms with van der Waals surface area (Å²) in [5.74, 6) is 5.37. The van der Waals surface area contributed by atoms with E-state index in [0.717, 1.165) is 11.1 Å². The zero-order chi connectivity index (χ0) is 15.7. The second kappa shape index (κ2) is 9.06. The third-order valence-electron chi connectivity index (χ3n) is 2.56. The number of nitrogens with one attached hydrogen (secondary N) is 1. The number of hydrogen-bond donors (Lipinski definition) is 2. The summed E-state index contributed by atoms with van der Waals surface area (Å²) in [6.45, 7) is 1.47. The van der Waals surface area contributed by atoms with E-state index in [1.165, 1.54) is 0 Å². The first kappa shape index (κ1) is 17.1. The highest BCUT2D eigenvalue weighted by atomic mass is 19.3. The fourth-order valence-electron chi connectivity index (χ4n) is 1.54. The van der Waals surface area contributed by atoms with Crippen LogP contribution in [0, 0.1) is 18.8 Å². The van der Waals surface area contributed by atoms with Gasteiger partial charge >= 0.3 is 0 Å². The molecule has 0 atom stereocenters. The smallest absolute Gasteiger partial charge is 0.261 e. The summed E-state index contributed by atoms with van der Waals surface area (Å²) in [6.07, 6.45) is -2.50. The number of carbonyl (C=O) groups excluding carboxylic acids is 1. The van der Waals surface area contributed by atoms with E-state index in [0.29, 0.717) is 5.69 Å². The third-order valence-corrected chi connectivity index (χ3v) is 2.56. The van der Waals surface area contributed by atoms with Gasteiger partial charge < -0.3 is 15.8 Å². The Kier molecular flexibility index (Phi) is 7.37. The summed E-state index contributed by atoms with van der Waals surface area (Å²) in [4.78, 5) is 11.6. The average Bonchev–Trinajstić information content (AvgIpc) is 2.44. The quantitative estimate of drug-likeness (QED) is 0.622. The fourth-order valence-corrected chi connectivity index (χ4v) is 1.54. The van der Waals surface area contributed by atoms with Crippen LogP contribution in [-0.2, 0) is 9.53 Å². The van der Waals surface area contributed by atoms with Gasteiger partial charge in [0.2, 0.25) is 5.91 Å². The molecule has 0 saturated heterocycles. The Morgan fingerprint density at radius 3 is 2.90 bits per heavy atom. The molecule has 0 bridgehead atoms. The lowest BCUT2D eigenvalue weighted by Crippen LogP contribution is -2.15. The van der Waals surface area contributed by atoms with Gasteiger partial charge in [0.15, 0.2) is 0 Å². The van der Waals surface area contributed by atoms with Crippen molar-refractivity contribution < 1.29 is 18.3 Å². The van der Waals surface area contributed by atoms with Crippen LogP contribution in [0.3, 0.4) is 0 Å². The number of rotatable bonds is 6. The monoisotopic (exact) mass is 296 g/mol. The molecule has 6 heteroatoms. The first-order valence-electron chi connectivity index (χ1n) is 6.48. The number of nitrogens with two attached hydrogens (primary N) is 1. The van der Waals surface area contributed by atoms with Crippen molar-refractivity contribution in [3.63, 3.8) is 0 Å². The maximum absolute atomic E-state index is 11.8. The number of benzene rings is 1. The molecule has 1 amide bonds. The van der Waals surface area contributed by atoms with Gasteiger partial charge in [-0.2, -0.15) is 0 Å². The van der Waals surface area contributed by atoms with E-state index in [1.807, 2.05) is 13.0 Å². The van der Waals surface area contributed by atoms with Gasteiger partial charge in [-0.05, 0) is 24.6 Å². The van der Waals surface area contributed by atoms with E-state index in [9.17, 15) is 13.6 Å². The van der Waals surface area contributed by atoms with Gasteiger partial charge in [0.1, 0.15) is 6.61 Å². The fraction of sp³-hybridized carbons (Fsp3) is 0.400. The van der Waals surface area contributed by atoms with Crippen LogP contribution in [0.15, 0.2) is 18.2 Å². The molecule has 1 rings (SSSR count). The number of hydrogen-bond acceptors (Lipinski definition) is 3. The predicted octanol–water partition coefficient (Wildman–Crippen LogP) is 1.92. The molecule has 1 aromatic carbocycles. The van der Waals surface area contributed by atoms with Gasteiger partial charge in [-0.1, -0.05) is 17.9 Å². The van der Waals surface area contributed by atoms with E-state index in [4.69, 9.17) is 5.73 Å². The van der Waals surface area contributed by atoms with Crippen molar-refractivity contribution in [1.29, 1.82) is 0 Å². The van der Waals surface area contributed by atoms with E-state index < -0.39 is 13.0 Å².